The molecule has 0 aromatic rings. The molecule has 0 fully saturated rings. The summed E-state index contributed by atoms with van der Waals surface area (Å²) in [7, 11) is -4.47. The van der Waals surface area contributed by atoms with E-state index in [4.69, 9.17) is 19.8 Å². The van der Waals surface area contributed by atoms with Crippen molar-refractivity contribution in [3.63, 3.8) is 0 Å². The van der Waals surface area contributed by atoms with Crippen molar-refractivity contribution in [1.82, 2.24) is 0 Å². The first kappa shape index (κ1) is 42.8. The van der Waals surface area contributed by atoms with Crippen LogP contribution < -0.4 is 11.5 Å². The fourth-order valence-corrected chi connectivity index (χ4v) is 8.80. The fourth-order valence-electron chi connectivity index (χ4n) is 7.45. The van der Waals surface area contributed by atoms with E-state index in [0.717, 1.165) is 64.2 Å². The van der Waals surface area contributed by atoms with Crippen molar-refractivity contribution in [3.8, 4) is 0 Å². The molecule has 2 atom stereocenters. The summed E-state index contributed by atoms with van der Waals surface area (Å²) >= 11 is 0. The Bertz CT molecular complexity index is 724. The van der Waals surface area contributed by atoms with Crippen molar-refractivity contribution in [2.45, 2.75) is 221 Å². The molecule has 260 valence electrons. The molecule has 0 heterocycles. The molecule has 43 heavy (non-hydrogen) atoms. The molecule has 0 spiro atoms. The zero-order valence-corrected chi connectivity index (χ0v) is 31.0. The summed E-state index contributed by atoms with van der Waals surface area (Å²) in [5, 5.41) is 0. The standard InChI is InChI=1S/C36H76N2O4S/c1-9-17-19-21-23-25-27-29-31-33(11-3,12-4)35(37,15-7)41-43(39,40)42-36(38,16-8)34(13-5,14-6)32-30-28-26-24-22-20-18-10-2/h9-32,37-38H2,1-8H3. The van der Waals surface area contributed by atoms with Gasteiger partial charge in [0.25, 0.3) is 0 Å². The quantitative estimate of drug-likeness (QED) is 0.0603. The van der Waals surface area contributed by atoms with Gasteiger partial charge >= 0.3 is 10.4 Å². The SMILES string of the molecule is CCCCCCCCCCC(CC)(CC)C(N)(CC)OS(=O)(=O)OC(N)(CC)C(CC)(CC)CCCCCCCCCC. The minimum atomic E-state index is -4.47. The minimum Gasteiger partial charge on any atom is -0.302 e. The van der Waals surface area contributed by atoms with Gasteiger partial charge in [0.2, 0.25) is 0 Å². The van der Waals surface area contributed by atoms with Crippen LogP contribution in [0.4, 0.5) is 0 Å². The molecule has 0 amide bonds. The van der Waals surface area contributed by atoms with Crippen LogP contribution in [0.15, 0.2) is 0 Å². The Morgan fingerprint density at radius 1 is 0.419 bits per heavy atom. The van der Waals surface area contributed by atoms with Gasteiger partial charge in [-0.25, -0.2) is 8.37 Å². The van der Waals surface area contributed by atoms with Gasteiger partial charge in [0, 0.05) is 10.8 Å². The molecular formula is C36H76N2O4S. The van der Waals surface area contributed by atoms with E-state index < -0.39 is 32.7 Å². The predicted octanol–water partition coefficient (Wildman–Crippen LogP) is 11.1. The van der Waals surface area contributed by atoms with Crippen LogP contribution in [0.2, 0.25) is 0 Å². The Morgan fingerprint density at radius 2 is 0.674 bits per heavy atom. The lowest BCUT2D eigenvalue weighted by atomic mass is 9.68. The fraction of sp³-hybridized carbons (Fsp3) is 1.00. The Hall–Kier alpha value is -0.210. The second-order valence-electron chi connectivity index (χ2n) is 13.5. The second-order valence-corrected chi connectivity index (χ2v) is 14.6. The van der Waals surface area contributed by atoms with Crippen LogP contribution in [-0.2, 0) is 18.8 Å². The van der Waals surface area contributed by atoms with Crippen LogP contribution in [0.3, 0.4) is 0 Å². The van der Waals surface area contributed by atoms with Crippen molar-refractivity contribution in [1.29, 1.82) is 0 Å². The molecule has 0 aliphatic rings. The van der Waals surface area contributed by atoms with Gasteiger partial charge < -0.3 is 11.5 Å². The highest BCUT2D eigenvalue weighted by atomic mass is 32.3. The van der Waals surface area contributed by atoms with Gasteiger partial charge in [-0.15, -0.1) is 0 Å². The maximum absolute atomic E-state index is 13.7. The average molecular weight is 633 g/mol. The predicted molar refractivity (Wildman–Crippen MR) is 186 cm³/mol. The van der Waals surface area contributed by atoms with Crippen LogP contribution in [0.1, 0.15) is 209 Å². The molecule has 0 radical (unpaired) electrons. The van der Waals surface area contributed by atoms with E-state index in [0.29, 0.717) is 12.8 Å². The lowest BCUT2D eigenvalue weighted by molar-refractivity contribution is -0.111. The van der Waals surface area contributed by atoms with Gasteiger partial charge in [0.15, 0.2) is 0 Å². The summed E-state index contributed by atoms with van der Waals surface area (Å²) in [4.78, 5) is 0. The molecule has 0 aliphatic heterocycles. The van der Waals surface area contributed by atoms with Gasteiger partial charge in [-0.1, -0.05) is 158 Å². The first-order valence-corrected chi connectivity index (χ1v) is 20.0. The summed E-state index contributed by atoms with van der Waals surface area (Å²) in [6.45, 7) is 16.7. The monoisotopic (exact) mass is 633 g/mol. The molecule has 0 aliphatic carbocycles. The molecule has 0 bridgehead atoms. The molecular weight excluding hydrogens is 556 g/mol. The smallest absolute Gasteiger partial charge is 0.302 e. The number of unbranched alkanes of at least 4 members (excludes halogenated alkanes) is 14. The van der Waals surface area contributed by atoms with Crippen LogP contribution in [0.25, 0.3) is 0 Å². The third kappa shape index (κ3) is 13.6. The number of hydrogen-bond donors (Lipinski definition) is 2. The van der Waals surface area contributed by atoms with Crippen molar-refractivity contribution in [2.75, 3.05) is 0 Å². The van der Waals surface area contributed by atoms with Crippen molar-refractivity contribution < 1.29 is 16.8 Å². The summed E-state index contributed by atoms with van der Waals surface area (Å²) in [5.74, 6) is 0. The normalized spacial score (nSPS) is 15.9. The molecule has 0 aromatic carbocycles. The number of rotatable bonds is 30. The number of hydrogen-bond acceptors (Lipinski definition) is 6. The average Bonchev–Trinajstić information content (AvgIpc) is 2.99. The van der Waals surface area contributed by atoms with E-state index in [1.54, 1.807) is 0 Å². The topological polar surface area (TPSA) is 105 Å². The summed E-state index contributed by atoms with van der Waals surface area (Å²) < 4.78 is 39.4. The minimum absolute atomic E-state index is 0.378. The van der Waals surface area contributed by atoms with E-state index in [1.807, 2.05) is 13.8 Å². The van der Waals surface area contributed by atoms with Crippen molar-refractivity contribution in [3.05, 3.63) is 0 Å². The van der Waals surface area contributed by atoms with E-state index in [1.165, 1.54) is 77.0 Å². The van der Waals surface area contributed by atoms with E-state index in [2.05, 4.69) is 41.5 Å². The maximum atomic E-state index is 13.7. The Labute approximate surface area is 269 Å². The van der Waals surface area contributed by atoms with Crippen LogP contribution >= 0.6 is 0 Å². The summed E-state index contributed by atoms with van der Waals surface area (Å²) in [6, 6.07) is 0. The third-order valence-corrected chi connectivity index (χ3v) is 12.1. The zero-order valence-electron chi connectivity index (χ0n) is 30.2. The van der Waals surface area contributed by atoms with Gasteiger partial charge in [-0.2, -0.15) is 8.42 Å². The largest absolute Gasteiger partial charge is 0.403 e. The first-order valence-electron chi connectivity index (χ1n) is 18.6. The highest BCUT2D eigenvalue weighted by molar-refractivity contribution is 7.81. The molecule has 0 rings (SSSR count). The summed E-state index contributed by atoms with van der Waals surface area (Å²) in [6.07, 6.45) is 25.0. The van der Waals surface area contributed by atoms with Crippen LogP contribution in [-0.4, -0.2) is 19.9 Å². The lowest BCUT2D eigenvalue weighted by Crippen LogP contribution is -2.61. The molecule has 6 nitrogen and oxygen atoms in total. The molecule has 0 aromatic heterocycles. The Balaban J connectivity index is 5.59. The van der Waals surface area contributed by atoms with Gasteiger partial charge in [-0.05, 0) is 51.4 Å². The molecule has 4 N–H and O–H groups in total. The number of nitrogens with two attached hydrogens (primary N) is 2. The molecule has 0 saturated carbocycles. The zero-order chi connectivity index (χ0) is 32.9. The van der Waals surface area contributed by atoms with Crippen LogP contribution in [0.5, 0.6) is 0 Å². The van der Waals surface area contributed by atoms with E-state index in [-0.39, 0.29) is 0 Å². The Morgan fingerprint density at radius 3 is 0.907 bits per heavy atom. The lowest BCUT2D eigenvalue weighted by Gasteiger charge is -2.49. The molecule has 0 saturated heterocycles. The highest BCUT2D eigenvalue weighted by Crippen LogP contribution is 2.48. The summed E-state index contributed by atoms with van der Waals surface area (Å²) in [5.41, 5.74) is 10.3. The van der Waals surface area contributed by atoms with Gasteiger partial charge in [-0.3, -0.25) is 0 Å². The van der Waals surface area contributed by atoms with Crippen molar-refractivity contribution in [2.24, 2.45) is 22.3 Å². The van der Waals surface area contributed by atoms with Gasteiger partial charge in [0.05, 0.1) is 0 Å². The maximum Gasteiger partial charge on any atom is 0.403 e. The molecule has 2 unspecified atom stereocenters. The van der Waals surface area contributed by atoms with Crippen molar-refractivity contribution >= 4 is 10.4 Å². The second kappa shape index (κ2) is 22.3. The van der Waals surface area contributed by atoms with E-state index >= 15 is 0 Å². The van der Waals surface area contributed by atoms with Crippen LogP contribution in [0, 0.1) is 10.8 Å². The van der Waals surface area contributed by atoms with E-state index in [9.17, 15) is 8.42 Å². The Kier molecular flexibility index (Phi) is 22.2. The first-order chi connectivity index (χ1) is 20.4. The highest BCUT2D eigenvalue weighted by Gasteiger charge is 2.53. The third-order valence-electron chi connectivity index (χ3n) is 11.1. The molecule has 7 heteroatoms. The van der Waals surface area contributed by atoms with Gasteiger partial charge in [0.1, 0.15) is 11.4 Å².